The maximum Gasteiger partial charge on any atom is 0.435 e. The Bertz CT molecular complexity index is 2430. The van der Waals surface area contributed by atoms with Gasteiger partial charge in [0.25, 0.3) is 5.56 Å². The second-order valence-electron chi connectivity index (χ2n) is 13.2. The van der Waals surface area contributed by atoms with E-state index in [1.807, 2.05) is 0 Å². The van der Waals surface area contributed by atoms with Crippen molar-refractivity contribution in [3.8, 4) is 28.3 Å². The first-order valence-corrected chi connectivity index (χ1v) is 16.0. The van der Waals surface area contributed by atoms with E-state index in [0.29, 0.717) is 16.5 Å². The number of hydrogen-bond acceptors (Lipinski definition) is 8. The smallest absolute Gasteiger partial charge is 0.435 e. The molecule has 262 valence electrons. The van der Waals surface area contributed by atoms with Crippen molar-refractivity contribution in [2.75, 3.05) is 0 Å². The summed E-state index contributed by atoms with van der Waals surface area (Å²) in [5.41, 5.74) is -0.485. The van der Waals surface area contributed by atoms with Crippen molar-refractivity contribution >= 4 is 22.8 Å². The highest BCUT2D eigenvalue weighted by atomic mass is 19.1. The van der Waals surface area contributed by atoms with Crippen molar-refractivity contribution in [2.45, 2.75) is 52.7 Å². The lowest BCUT2D eigenvalue weighted by Gasteiger charge is -2.18. The molecule has 0 saturated heterocycles. The van der Waals surface area contributed by atoms with Gasteiger partial charge in [-0.25, -0.2) is 22.9 Å². The summed E-state index contributed by atoms with van der Waals surface area (Å²) in [4.78, 5) is 52.8. The van der Waals surface area contributed by atoms with Gasteiger partial charge >= 0.3 is 11.8 Å². The standard InChI is InChI=1S/C37H34F2N6O6/c1-21(2)43-20-28(34(47)45(35(43)48)26-10-8-25(38)9-11-26)31(46)14-22-7-12-32(29(39)13-22)50-33-15-23-17-40-42(6)30(23)16-27(33)24-18-41-44(19-24)36(49)51-37(3,4)5/h7-13,15-21H,14H2,1-6H3. The number of aryl methyl sites for hydroxylation is 1. The van der Waals surface area contributed by atoms with Gasteiger partial charge in [-0.1, -0.05) is 6.07 Å². The lowest BCUT2D eigenvalue weighted by atomic mass is 10.0. The Balaban J connectivity index is 1.31. The number of hydrogen-bond donors (Lipinski definition) is 0. The van der Waals surface area contributed by atoms with Gasteiger partial charge in [0.1, 0.15) is 22.7 Å². The largest absolute Gasteiger partial charge is 0.454 e. The molecule has 3 aromatic carbocycles. The molecule has 0 fully saturated rings. The van der Waals surface area contributed by atoms with Crippen LogP contribution in [-0.2, 0) is 18.2 Å². The van der Waals surface area contributed by atoms with Gasteiger partial charge in [-0.2, -0.15) is 14.9 Å². The quantitative estimate of drug-likeness (QED) is 0.163. The topological polar surface area (TPSA) is 132 Å². The predicted molar refractivity (Wildman–Crippen MR) is 185 cm³/mol. The lowest BCUT2D eigenvalue weighted by molar-refractivity contribution is 0.0514. The normalized spacial score (nSPS) is 11.7. The number of fused-ring (bicyclic) bond motifs is 1. The van der Waals surface area contributed by atoms with Crippen LogP contribution in [0.5, 0.6) is 11.5 Å². The minimum atomic E-state index is -0.873. The van der Waals surface area contributed by atoms with E-state index in [1.165, 1.54) is 47.4 Å². The molecule has 6 rings (SSSR count). The molecule has 0 aliphatic rings. The molecule has 0 amide bonds. The van der Waals surface area contributed by atoms with E-state index in [9.17, 15) is 23.6 Å². The molecule has 0 radical (unpaired) electrons. The third kappa shape index (κ3) is 7.11. The zero-order valence-electron chi connectivity index (χ0n) is 28.7. The van der Waals surface area contributed by atoms with E-state index in [-0.39, 0.29) is 34.7 Å². The summed E-state index contributed by atoms with van der Waals surface area (Å²) in [5.74, 6) is -1.88. The number of carbonyl (C=O) groups excluding carboxylic acids is 2. The van der Waals surface area contributed by atoms with Crippen LogP contribution in [-0.4, -0.2) is 46.2 Å². The summed E-state index contributed by atoms with van der Waals surface area (Å²) in [6.07, 6.45) is 4.75. The third-order valence-corrected chi connectivity index (χ3v) is 7.96. The van der Waals surface area contributed by atoms with Gasteiger partial charge in [0.05, 0.1) is 23.6 Å². The summed E-state index contributed by atoms with van der Waals surface area (Å²) >= 11 is 0. The van der Waals surface area contributed by atoms with Crippen molar-refractivity contribution in [1.29, 1.82) is 0 Å². The first kappa shape index (κ1) is 34.7. The van der Waals surface area contributed by atoms with Crippen LogP contribution in [0, 0.1) is 11.6 Å². The highest BCUT2D eigenvalue weighted by Gasteiger charge is 2.23. The number of halogens is 2. The first-order chi connectivity index (χ1) is 24.1. The molecular weight excluding hydrogens is 662 g/mol. The van der Waals surface area contributed by atoms with E-state index in [4.69, 9.17) is 9.47 Å². The molecular formula is C37H34F2N6O6. The molecule has 51 heavy (non-hydrogen) atoms. The molecule has 12 nitrogen and oxygen atoms in total. The Morgan fingerprint density at radius 2 is 1.63 bits per heavy atom. The number of carbonyl (C=O) groups is 2. The molecule has 0 aliphatic carbocycles. The lowest BCUT2D eigenvalue weighted by Crippen LogP contribution is -2.42. The molecule has 3 aromatic heterocycles. The fourth-order valence-corrected chi connectivity index (χ4v) is 5.45. The highest BCUT2D eigenvalue weighted by molar-refractivity contribution is 5.97. The Kier molecular flexibility index (Phi) is 9.02. The molecule has 0 bridgehead atoms. The van der Waals surface area contributed by atoms with Crippen LogP contribution in [0.1, 0.15) is 56.6 Å². The number of aromatic nitrogens is 6. The van der Waals surface area contributed by atoms with E-state index in [1.54, 1.807) is 64.7 Å². The molecule has 6 aromatic rings. The molecule has 0 saturated carbocycles. The van der Waals surface area contributed by atoms with E-state index >= 15 is 4.39 Å². The summed E-state index contributed by atoms with van der Waals surface area (Å²) in [7, 11) is 1.77. The molecule has 14 heteroatoms. The SMILES string of the molecule is CC(C)n1cc(C(=O)Cc2ccc(Oc3cc4cnn(C)c4cc3-c3cnn(C(=O)OC(C)(C)C)c3)c(F)c2)c(=O)n(-c2ccc(F)cc2)c1=O. The number of nitrogens with zero attached hydrogens (tertiary/aromatic N) is 6. The monoisotopic (exact) mass is 696 g/mol. The second-order valence-corrected chi connectivity index (χ2v) is 13.2. The zero-order valence-corrected chi connectivity index (χ0v) is 28.7. The fraction of sp³-hybridized carbons (Fsp3) is 0.243. The summed E-state index contributed by atoms with van der Waals surface area (Å²) < 4.78 is 45.5. The van der Waals surface area contributed by atoms with Crippen LogP contribution in [0.4, 0.5) is 13.6 Å². The van der Waals surface area contributed by atoms with Crippen molar-refractivity contribution < 1.29 is 27.8 Å². The average molecular weight is 697 g/mol. The number of ketones is 1. The number of Topliss-reactive ketones (excluding diaryl/α,β-unsaturated/α-hetero) is 1. The van der Waals surface area contributed by atoms with Crippen LogP contribution >= 0.6 is 0 Å². The van der Waals surface area contributed by atoms with Crippen LogP contribution in [0.3, 0.4) is 0 Å². The van der Waals surface area contributed by atoms with Gasteiger partial charge in [0.2, 0.25) is 0 Å². The Labute approximate surface area is 290 Å². The van der Waals surface area contributed by atoms with Crippen LogP contribution in [0.2, 0.25) is 0 Å². The van der Waals surface area contributed by atoms with Crippen molar-refractivity contribution in [2.24, 2.45) is 7.05 Å². The third-order valence-electron chi connectivity index (χ3n) is 7.96. The van der Waals surface area contributed by atoms with Gasteiger partial charge in [-0.3, -0.25) is 18.8 Å². The predicted octanol–water partition coefficient (Wildman–Crippen LogP) is 6.61. The maximum atomic E-state index is 15.7. The van der Waals surface area contributed by atoms with E-state index in [2.05, 4.69) is 10.2 Å². The van der Waals surface area contributed by atoms with E-state index < -0.39 is 46.4 Å². The van der Waals surface area contributed by atoms with Crippen LogP contribution in [0.25, 0.3) is 27.7 Å². The molecule has 0 spiro atoms. The fourth-order valence-electron chi connectivity index (χ4n) is 5.45. The highest BCUT2D eigenvalue weighted by Crippen LogP contribution is 2.38. The van der Waals surface area contributed by atoms with Gasteiger partial charge in [-0.05, 0) is 88.7 Å². The number of rotatable bonds is 8. The van der Waals surface area contributed by atoms with Gasteiger partial charge in [0.15, 0.2) is 17.3 Å². The van der Waals surface area contributed by atoms with Gasteiger partial charge in [-0.15, -0.1) is 0 Å². The van der Waals surface area contributed by atoms with Crippen molar-refractivity contribution in [3.63, 3.8) is 0 Å². The first-order valence-electron chi connectivity index (χ1n) is 16.0. The zero-order chi connectivity index (χ0) is 36.8. The molecule has 0 N–H and O–H groups in total. The summed E-state index contributed by atoms with van der Waals surface area (Å²) in [6, 6.07) is 11.8. The summed E-state index contributed by atoms with van der Waals surface area (Å²) in [6.45, 7) is 8.66. The Morgan fingerprint density at radius 1 is 0.902 bits per heavy atom. The number of ether oxygens (including phenoxy) is 2. The van der Waals surface area contributed by atoms with Crippen molar-refractivity contribution in [3.05, 3.63) is 123 Å². The minimum absolute atomic E-state index is 0.101. The second kappa shape index (κ2) is 13.3. The van der Waals surface area contributed by atoms with Crippen molar-refractivity contribution in [1.82, 2.24) is 28.7 Å². The summed E-state index contributed by atoms with van der Waals surface area (Å²) in [5, 5.41) is 9.15. The average Bonchev–Trinajstić information content (AvgIpc) is 3.69. The van der Waals surface area contributed by atoms with Gasteiger partial charge in [0, 0.05) is 48.4 Å². The van der Waals surface area contributed by atoms with Crippen LogP contribution < -0.4 is 16.0 Å². The number of benzene rings is 3. The molecule has 0 atom stereocenters. The van der Waals surface area contributed by atoms with Gasteiger partial charge < -0.3 is 9.47 Å². The molecule has 3 heterocycles. The molecule has 0 unspecified atom stereocenters. The Morgan fingerprint density at radius 3 is 2.29 bits per heavy atom. The molecule has 0 aliphatic heterocycles. The van der Waals surface area contributed by atoms with E-state index in [0.717, 1.165) is 33.0 Å². The van der Waals surface area contributed by atoms with Crippen LogP contribution in [0.15, 0.2) is 89.0 Å². The minimum Gasteiger partial charge on any atom is -0.454 e. The Hall–Kier alpha value is -6.18. The maximum absolute atomic E-state index is 15.7.